The number of imidazole rings is 1. The molecule has 0 aromatic carbocycles. The third-order valence-electron chi connectivity index (χ3n) is 3.52. The number of hydrogen-bond donors (Lipinski definition) is 2. The maximum Gasteiger partial charge on any atom is 0.490 e. The summed E-state index contributed by atoms with van der Waals surface area (Å²) in [4.78, 5) is 32.1. The van der Waals surface area contributed by atoms with E-state index in [-0.39, 0.29) is 5.56 Å². The Hall–Kier alpha value is -2.01. The molecular weight excluding hydrogens is 397 g/mol. The largest absolute Gasteiger partial charge is 0.490 e. The second-order valence-corrected chi connectivity index (χ2v) is 6.66. The van der Waals surface area contributed by atoms with Gasteiger partial charge in [-0.05, 0) is 19.3 Å². The number of rotatable bonds is 3. The zero-order valence-electron chi connectivity index (χ0n) is 13.4. The van der Waals surface area contributed by atoms with Gasteiger partial charge in [0.1, 0.15) is 0 Å². The van der Waals surface area contributed by atoms with Crippen molar-refractivity contribution in [1.82, 2.24) is 19.5 Å². The van der Waals surface area contributed by atoms with Gasteiger partial charge in [0, 0.05) is 18.4 Å². The van der Waals surface area contributed by atoms with Crippen molar-refractivity contribution in [3.05, 3.63) is 38.8 Å². The lowest BCUT2D eigenvalue weighted by Gasteiger charge is -2.04. The first-order valence-electron chi connectivity index (χ1n) is 7.30. The molecular formula is C14H14ClF3N4O3S. The fraction of sp³-hybridized carbons (Fsp3) is 0.429. The van der Waals surface area contributed by atoms with Gasteiger partial charge in [-0.2, -0.15) is 13.2 Å². The molecule has 2 N–H and O–H groups in total. The predicted molar refractivity (Wildman–Crippen MR) is 88.4 cm³/mol. The number of aliphatic carboxylic acids is 1. The zero-order valence-corrected chi connectivity index (χ0v) is 15.0. The van der Waals surface area contributed by atoms with Crippen LogP contribution in [0.4, 0.5) is 13.2 Å². The van der Waals surface area contributed by atoms with Crippen LogP contribution in [0.1, 0.15) is 23.4 Å². The molecule has 0 radical (unpaired) electrons. The number of alkyl halides is 3. The highest BCUT2D eigenvalue weighted by atomic mass is 35.5. The number of nitrogens with zero attached hydrogens (tertiary/aromatic N) is 3. The lowest BCUT2D eigenvalue weighted by Crippen LogP contribution is -2.21. The standard InChI is InChI=1S/C12H13ClN4OS.C2HF3O2/c1-17-6-14-10(13)9(17)5-19-12-15-8-4-2-3-7(8)11(18)16-12;3-2(4,5)1(6)7/h6H,2-5H2,1H3,(H,15,16,18);(H,6,7). The summed E-state index contributed by atoms with van der Waals surface area (Å²) in [5, 5.41) is 8.28. The molecule has 2 aromatic rings. The number of halogens is 4. The van der Waals surface area contributed by atoms with Crippen molar-refractivity contribution in [2.45, 2.75) is 36.3 Å². The molecule has 7 nitrogen and oxygen atoms in total. The third kappa shape index (κ3) is 5.01. The van der Waals surface area contributed by atoms with Gasteiger partial charge in [0.2, 0.25) is 0 Å². The summed E-state index contributed by atoms with van der Waals surface area (Å²) >= 11 is 7.47. The molecule has 0 unspecified atom stereocenters. The van der Waals surface area contributed by atoms with E-state index in [4.69, 9.17) is 21.5 Å². The monoisotopic (exact) mass is 410 g/mol. The molecule has 142 valence electrons. The summed E-state index contributed by atoms with van der Waals surface area (Å²) in [5.41, 5.74) is 2.72. The average Bonchev–Trinajstić information content (AvgIpc) is 3.13. The number of carboxylic acids is 1. The van der Waals surface area contributed by atoms with Crippen LogP contribution in [0.15, 0.2) is 16.3 Å². The van der Waals surface area contributed by atoms with Crippen molar-refractivity contribution in [2.75, 3.05) is 0 Å². The van der Waals surface area contributed by atoms with E-state index >= 15 is 0 Å². The summed E-state index contributed by atoms with van der Waals surface area (Å²) in [6.07, 6.45) is -0.639. The van der Waals surface area contributed by atoms with Gasteiger partial charge in [-0.25, -0.2) is 14.8 Å². The maximum absolute atomic E-state index is 11.9. The van der Waals surface area contributed by atoms with E-state index in [1.807, 2.05) is 11.6 Å². The predicted octanol–water partition coefficient (Wildman–Crippen LogP) is 2.57. The number of nitrogens with one attached hydrogen (secondary N) is 1. The molecule has 1 aliphatic carbocycles. The molecule has 0 saturated carbocycles. The van der Waals surface area contributed by atoms with E-state index in [1.54, 1.807) is 6.33 Å². The SMILES string of the molecule is Cn1cnc(Cl)c1CSc1nc2c(c(=O)[nH]1)CCC2.O=C(O)C(F)(F)F. The summed E-state index contributed by atoms with van der Waals surface area (Å²) in [6.45, 7) is 0. The Morgan fingerprint density at radius 1 is 1.46 bits per heavy atom. The van der Waals surface area contributed by atoms with E-state index < -0.39 is 12.1 Å². The van der Waals surface area contributed by atoms with E-state index in [0.29, 0.717) is 16.1 Å². The molecule has 0 fully saturated rings. The molecule has 0 amide bonds. The van der Waals surface area contributed by atoms with Crippen LogP contribution in [0.3, 0.4) is 0 Å². The number of H-pyrrole nitrogens is 1. The minimum absolute atomic E-state index is 0.00102. The van der Waals surface area contributed by atoms with Crippen LogP contribution in [-0.2, 0) is 30.4 Å². The number of aromatic amines is 1. The quantitative estimate of drug-likeness (QED) is 0.595. The van der Waals surface area contributed by atoms with Crippen molar-refractivity contribution >= 4 is 29.3 Å². The lowest BCUT2D eigenvalue weighted by atomic mass is 10.3. The van der Waals surface area contributed by atoms with Gasteiger partial charge in [-0.1, -0.05) is 23.4 Å². The number of carbonyl (C=O) groups is 1. The van der Waals surface area contributed by atoms with Crippen LogP contribution in [0.25, 0.3) is 0 Å². The van der Waals surface area contributed by atoms with Crippen LogP contribution in [-0.4, -0.2) is 36.8 Å². The highest BCUT2D eigenvalue weighted by Crippen LogP contribution is 2.24. The topological polar surface area (TPSA) is 101 Å². The summed E-state index contributed by atoms with van der Waals surface area (Å²) < 4.78 is 33.6. The van der Waals surface area contributed by atoms with Gasteiger partial charge in [0.15, 0.2) is 10.3 Å². The van der Waals surface area contributed by atoms with Crippen LogP contribution in [0.2, 0.25) is 5.15 Å². The molecule has 2 aromatic heterocycles. The third-order valence-corrected chi connectivity index (χ3v) is 4.72. The second kappa shape index (κ2) is 8.12. The molecule has 26 heavy (non-hydrogen) atoms. The van der Waals surface area contributed by atoms with Crippen LogP contribution < -0.4 is 5.56 Å². The number of aryl methyl sites for hydroxylation is 2. The van der Waals surface area contributed by atoms with Crippen molar-refractivity contribution in [3.8, 4) is 0 Å². The Bertz CT molecular complexity index is 847. The number of thioether (sulfide) groups is 1. The summed E-state index contributed by atoms with van der Waals surface area (Å²) in [6, 6.07) is 0. The minimum Gasteiger partial charge on any atom is -0.475 e. The Balaban J connectivity index is 0.000000298. The molecule has 2 heterocycles. The van der Waals surface area contributed by atoms with E-state index in [9.17, 15) is 18.0 Å². The Kier molecular flexibility index (Phi) is 6.34. The van der Waals surface area contributed by atoms with Crippen molar-refractivity contribution in [1.29, 1.82) is 0 Å². The normalized spacial score (nSPS) is 13.1. The first-order chi connectivity index (χ1) is 12.1. The van der Waals surface area contributed by atoms with E-state index in [2.05, 4.69) is 15.0 Å². The first-order valence-corrected chi connectivity index (χ1v) is 8.66. The molecule has 0 atom stereocenters. The summed E-state index contributed by atoms with van der Waals surface area (Å²) in [5.74, 6) is -2.12. The van der Waals surface area contributed by atoms with Crippen molar-refractivity contribution in [2.24, 2.45) is 7.05 Å². The molecule has 0 bridgehead atoms. The minimum atomic E-state index is -5.08. The number of carboxylic acid groups (broad SMARTS) is 1. The first kappa shape index (κ1) is 20.3. The van der Waals surface area contributed by atoms with E-state index in [1.165, 1.54) is 11.8 Å². The smallest absolute Gasteiger partial charge is 0.475 e. The van der Waals surface area contributed by atoms with Crippen LogP contribution in [0, 0.1) is 0 Å². The number of aromatic nitrogens is 4. The Morgan fingerprint density at radius 2 is 2.12 bits per heavy atom. The molecule has 3 rings (SSSR count). The Morgan fingerprint density at radius 3 is 2.65 bits per heavy atom. The second-order valence-electron chi connectivity index (χ2n) is 5.33. The van der Waals surface area contributed by atoms with Crippen LogP contribution in [0.5, 0.6) is 0 Å². The average molecular weight is 411 g/mol. The fourth-order valence-corrected chi connectivity index (χ4v) is 3.49. The van der Waals surface area contributed by atoms with Gasteiger partial charge in [0.25, 0.3) is 5.56 Å². The lowest BCUT2D eigenvalue weighted by molar-refractivity contribution is -0.192. The van der Waals surface area contributed by atoms with Gasteiger partial charge in [-0.3, -0.25) is 4.79 Å². The van der Waals surface area contributed by atoms with Gasteiger partial charge < -0.3 is 14.7 Å². The fourth-order valence-electron chi connectivity index (χ4n) is 2.21. The molecule has 0 saturated heterocycles. The van der Waals surface area contributed by atoms with E-state index in [0.717, 1.165) is 36.2 Å². The zero-order chi connectivity index (χ0) is 19.5. The maximum atomic E-state index is 11.9. The van der Waals surface area contributed by atoms with Gasteiger partial charge >= 0.3 is 12.1 Å². The highest BCUT2D eigenvalue weighted by molar-refractivity contribution is 7.98. The molecule has 0 spiro atoms. The van der Waals surface area contributed by atoms with Crippen LogP contribution >= 0.6 is 23.4 Å². The van der Waals surface area contributed by atoms with Gasteiger partial charge in [-0.15, -0.1) is 0 Å². The number of hydrogen-bond acceptors (Lipinski definition) is 5. The van der Waals surface area contributed by atoms with Crippen molar-refractivity contribution in [3.63, 3.8) is 0 Å². The number of fused-ring (bicyclic) bond motifs is 1. The Labute approximate surface area is 154 Å². The van der Waals surface area contributed by atoms with Gasteiger partial charge in [0.05, 0.1) is 17.7 Å². The van der Waals surface area contributed by atoms with Crippen molar-refractivity contribution < 1.29 is 23.1 Å². The summed E-state index contributed by atoms with van der Waals surface area (Å²) in [7, 11) is 1.90. The molecule has 1 aliphatic rings. The molecule has 0 aliphatic heterocycles. The highest BCUT2D eigenvalue weighted by Gasteiger charge is 2.38. The molecule has 12 heteroatoms.